The Bertz CT molecular complexity index is 1040. The number of benzene rings is 1. The molecule has 152 valence electrons. The number of aliphatic hydroxyl groups is 1. The van der Waals surface area contributed by atoms with E-state index in [1.165, 1.54) is 20.8 Å². The molecule has 1 saturated heterocycles. The molecule has 0 bridgehead atoms. The maximum Gasteiger partial charge on any atom is 0.259 e. The summed E-state index contributed by atoms with van der Waals surface area (Å²) in [6.45, 7) is 6.17. The molecule has 2 aromatic rings. The fraction of sp³-hybridized carbons (Fsp3) is 0.333. The van der Waals surface area contributed by atoms with Crippen molar-refractivity contribution in [3.63, 3.8) is 0 Å². The van der Waals surface area contributed by atoms with Crippen LogP contribution in [0.5, 0.6) is 0 Å². The number of hydrogen-bond acceptors (Lipinski definition) is 6. The number of Topliss-reactive ketones (excluding diaryl/α,β-unsaturated/α-hetero) is 1. The fourth-order valence-corrected chi connectivity index (χ4v) is 3.91. The Kier molecular flexibility index (Phi) is 5.88. The molecule has 0 radical (unpaired) electrons. The van der Waals surface area contributed by atoms with Crippen molar-refractivity contribution in [1.29, 1.82) is 5.41 Å². The Morgan fingerprint density at radius 3 is 2.38 bits per heavy atom. The smallest absolute Gasteiger partial charge is 0.259 e. The summed E-state index contributed by atoms with van der Waals surface area (Å²) < 4.78 is 0. The van der Waals surface area contributed by atoms with Gasteiger partial charge in [-0.15, -0.1) is 0 Å². The number of anilines is 1. The van der Waals surface area contributed by atoms with Crippen LogP contribution in [0.3, 0.4) is 0 Å². The van der Waals surface area contributed by atoms with Gasteiger partial charge in [0.05, 0.1) is 21.8 Å². The molecular formula is C21H23ClN4O3. The summed E-state index contributed by atoms with van der Waals surface area (Å²) >= 11 is 6.36. The van der Waals surface area contributed by atoms with E-state index in [0.29, 0.717) is 42.3 Å². The Balaban J connectivity index is 1.93. The topological polar surface area (TPSA) is 97.6 Å². The van der Waals surface area contributed by atoms with Gasteiger partial charge in [-0.1, -0.05) is 11.6 Å². The molecule has 0 spiro atoms. The summed E-state index contributed by atoms with van der Waals surface area (Å²) in [6.07, 6.45) is 1.67. The minimum atomic E-state index is -0.358. The number of hydrogen-bond donors (Lipinski definition) is 2. The first-order valence-electron chi connectivity index (χ1n) is 9.30. The summed E-state index contributed by atoms with van der Waals surface area (Å²) in [5.41, 5.74) is 1.95. The van der Waals surface area contributed by atoms with E-state index in [4.69, 9.17) is 17.0 Å². The molecule has 8 heteroatoms. The summed E-state index contributed by atoms with van der Waals surface area (Å²) in [5.74, 6) is -0.617. The molecule has 0 saturated carbocycles. The van der Waals surface area contributed by atoms with Crippen molar-refractivity contribution in [2.24, 2.45) is 0 Å². The molecule has 1 fully saturated rings. The predicted molar refractivity (Wildman–Crippen MR) is 114 cm³/mol. The van der Waals surface area contributed by atoms with Gasteiger partial charge in [-0.2, -0.15) is 0 Å². The number of halogens is 1. The number of rotatable bonds is 4. The molecule has 1 aliphatic rings. The number of carbonyl (C=O) groups is 2. The number of aliphatic hydroxyl groups excluding tert-OH is 1. The van der Waals surface area contributed by atoms with Gasteiger partial charge in [0.25, 0.3) is 5.91 Å². The van der Waals surface area contributed by atoms with E-state index in [2.05, 4.69) is 4.98 Å². The van der Waals surface area contributed by atoms with E-state index in [9.17, 15) is 14.7 Å². The third kappa shape index (κ3) is 3.96. The van der Waals surface area contributed by atoms with Gasteiger partial charge in [-0.05, 0) is 39.0 Å². The van der Waals surface area contributed by atoms with Gasteiger partial charge in [-0.3, -0.25) is 14.6 Å². The molecule has 7 nitrogen and oxygen atoms in total. The molecule has 29 heavy (non-hydrogen) atoms. The van der Waals surface area contributed by atoms with Crippen LogP contribution in [-0.4, -0.2) is 58.6 Å². The van der Waals surface area contributed by atoms with Crippen LogP contribution in [0, 0.1) is 5.41 Å². The van der Waals surface area contributed by atoms with Crippen LogP contribution in [0.2, 0.25) is 5.02 Å². The highest BCUT2D eigenvalue weighted by molar-refractivity contribution is 6.36. The highest BCUT2D eigenvalue weighted by Gasteiger charge is 2.28. The van der Waals surface area contributed by atoms with Crippen LogP contribution in [0.4, 0.5) is 5.69 Å². The number of allylic oxidation sites excluding steroid dienone is 1. The Morgan fingerprint density at radius 1 is 1.17 bits per heavy atom. The van der Waals surface area contributed by atoms with Crippen molar-refractivity contribution in [1.82, 2.24) is 9.88 Å². The van der Waals surface area contributed by atoms with Crippen molar-refractivity contribution in [2.75, 3.05) is 31.1 Å². The number of amides is 1. The molecule has 1 amide bonds. The zero-order valence-corrected chi connectivity index (χ0v) is 17.4. The van der Waals surface area contributed by atoms with Crippen LogP contribution in [-0.2, 0) is 4.79 Å². The number of carbonyl (C=O) groups excluding carboxylic acids is 2. The number of aromatic nitrogens is 1. The predicted octanol–water partition coefficient (Wildman–Crippen LogP) is 3.61. The standard InChI is InChI=1S/C21H23ClN4O3/c1-12(23)18(14(3)28)21(29)26-9-7-25(8-10-26)20-16(13(2)27)11-17(22)15-5-4-6-24-19(15)20/h4-6,11,23,28H,7-10H2,1-3H3/b18-14+,23-12?. The Morgan fingerprint density at radius 2 is 1.83 bits per heavy atom. The van der Waals surface area contributed by atoms with Gasteiger partial charge in [0.1, 0.15) is 5.76 Å². The molecule has 2 heterocycles. The lowest BCUT2D eigenvalue weighted by atomic mass is 10.0. The summed E-state index contributed by atoms with van der Waals surface area (Å²) in [6, 6.07) is 5.34. The van der Waals surface area contributed by atoms with Crippen LogP contribution in [0.1, 0.15) is 31.1 Å². The van der Waals surface area contributed by atoms with Gasteiger partial charge in [0, 0.05) is 49.0 Å². The lowest BCUT2D eigenvalue weighted by Crippen LogP contribution is -2.50. The minimum absolute atomic E-state index is 0.0292. The van der Waals surface area contributed by atoms with E-state index in [1.54, 1.807) is 23.2 Å². The zero-order valence-electron chi connectivity index (χ0n) is 16.6. The van der Waals surface area contributed by atoms with E-state index in [0.717, 1.165) is 11.1 Å². The highest BCUT2D eigenvalue weighted by atomic mass is 35.5. The van der Waals surface area contributed by atoms with E-state index in [1.807, 2.05) is 11.0 Å². The number of ketones is 1. The Labute approximate surface area is 174 Å². The molecular weight excluding hydrogens is 392 g/mol. The lowest BCUT2D eigenvalue weighted by molar-refractivity contribution is -0.127. The summed E-state index contributed by atoms with van der Waals surface area (Å²) in [7, 11) is 0. The van der Waals surface area contributed by atoms with E-state index < -0.39 is 0 Å². The van der Waals surface area contributed by atoms with Crippen LogP contribution < -0.4 is 4.90 Å². The van der Waals surface area contributed by atoms with Crippen LogP contribution in [0.15, 0.2) is 35.7 Å². The first kappa shape index (κ1) is 20.8. The number of nitrogens with one attached hydrogen (secondary N) is 1. The van der Waals surface area contributed by atoms with Crippen molar-refractivity contribution < 1.29 is 14.7 Å². The molecule has 0 unspecified atom stereocenters. The quantitative estimate of drug-likeness (QED) is 0.344. The molecule has 0 atom stereocenters. The number of piperazine rings is 1. The maximum absolute atomic E-state index is 12.7. The molecule has 1 aliphatic heterocycles. The maximum atomic E-state index is 12.7. The number of pyridine rings is 1. The fourth-order valence-electron chi connectivity index (χ4n) is 3.65. The summed E-state index contributed by atoms with van der Waals surface area (Å²) in [5, 5.41) is 18.8. The van der Waals surface area contributed by atoms with Gasteiger partial charge < -0.3 is 20.3 Å². The monoisotopic (exact) mass is 414 g/mol. The van der Waals surface area contributed by atoms with Gasteiger partial charge >= 0.3 is 0 Å². The van der Waals surface area contributed by atoms with Crippen molar-refractivity contribution >= 4 is 45.6 Å². The van der Waals surface area contributed by atoms with Gasteiger partial charge in [-0.25, -0.2) is 0 Å². The first-order chi connectivity index (χ1) is 13.7. The average molecular weight is 415 g/mol. The highest BCUT2D eigenvalue weighted by Crippen LogP contribution is 2.35. The van der Waals surface area contributed by atoms with E-state index in [-0.39, 0.29) is 28.7 Å². The van der Waals surface area contributed by atoms with Crippen molar-refractivity contribution in [2.45, 2.75) is 20.8 Å². The first-order valence-corrected chi connectivity index (χ1v) is 9.68. The number of fused-ring (bicyclic) bond motifs is 1. The molecule has 0 aliphatic carbocycles. The lowest BCUT2D eigenvalue weighted by Gasteiger charge is -2.37. The average Bonchev–Trinajstić information content (AvgIpc) is 2.67. The summed E-state index contributed by atoms with van der Waals surface area (Å²) in [4.78, 5) is 33.1. The SMILES string of the molecule is CC(=N)/C(C(=O)N1CCN(c2c(C(C)=O)cc(Cl)c3cccnc23)CC1)=C(/C)O. The number of nitrogens with zero attached hydrogens (tertiary/aromatic N) is 3. The molecule has 2 N–H and O–H groups in total. The van der Waals surface area contributed by atoms with Crippen LogP contribution >= 0.6 is 11.6 Å². The minimum Gasteiger partial charge on any atom is -0.512 e. The largest absolute Gasteiger partial charge is 0.512 e. The van der Waals surface area contributed by atoms with Gasteiger partial charge in [0.2, 0.25) is 0 Å². The normalized spacial score (nSPS) is 15.3. The van der Waals surface area contributed by atoms with Crippen LogP contribution in [0.25, 0.3) is 10.9 Å². The second kappa shape index (κ2) is 8.21. The zero-order chi connectivity index (χ0) is 21.3. The third-order valence-electron chi connectivity index (χ3n) is 5.03. The van der Waals surface area contributed by atoms with E-state index >= 15 is 0 Å². The second-order valence-corrected chi connectivity index (χ2v) is 7.48. The van der Waals surface area contributed by atoms with Crippen molar-refractivity contribution in [3.05, 3.63) is 46.3 Å². The second-order valence-electron chi connectivity index (χ2n) is 7.07. The van der Waals surface area contributed by atoms with Crippen molar-refractivity contribution in [3.8, 4) is 0 Å². The molecule has 3 rings (SSSR count). The Hall–Kier alpha value is -2.93. The molecule has 1 aromatic carbocycles. The van der Waals surface area contributed by atoms with Gasteiger partial charge in [0.15, 0.2) is 5.78 Å². The molecule has 1 aromatic heterocycles. The third-order valence-corrected chi connectivity index (χ3v) is 5.34.